The van der Waals surface area contributed by atoms with Crippen molar-refractivity contribution in [3.8, 4) is 5.88 Å². The molecule has 0 aliphatic rings. The van der Waals surface area contributed by atoms with E-state index in [1.165, 1.54) is 0 Å². The number of nitrogens with zero attached hydrogens (tertiary/aromatic N) is 1. The summed E-state index contributed by atoms with van der Waals surface area (Å²) in [6.45, 7) is 0.747. The molecule has 2 rings (SSSR count). The molecule has 2 aromatic rings. The molecule has 0 fully saturated rings. The van der Waals surface area contributed by atoms with Crippen LogP contribution in [-0.4, -0.2) is 18.3 Å². The molecule has 0 radical (unpaired) electrons. The standard InChI is InChI=1S/C9H8Cl2N2O2/c10-5-1-2-6-7(8(5)11)9(13-15-6)14-4-3-12/h1-2H,3-4,12H2. The molecular weight excluding hydrogens is 239 g/mol. The zero-order valence-electron chi connectivity index (χ0n) is 7.67. The van der Waals surface area contributed by atoms with Gasteiger partial charge in [-0.1, -0.05) is 23.2 Å². The Bertz CT molecular complexity index is 484. The number of fused-ring (bicyclic) bond motifs is 1. The summed E-state index contributed by atoms with van der Waals surface area (Å²) in [6.07, 6.45) is 0. The van der Waals surface area contributed by atoms with Crippen LogP contribution in [0.25, 0.3) is 11.0 Å². The van der Waals surface area contributed by atoms with Gasteiger partial charge in [0.25, 0.3) is 5.88 Å². The van der Waals surface area contributed by atoms with E-state index in [1.807, 2.05) is 0 Å². The van der Waals surface area contributed by atoms with Crippen LogP contribution in [0.15, 0.2) is 16.7 Å². The number of halogens is 2. The lowest BCUT2D eigenvalue weighted by atomic mass is 10.2. The van der Waals surface area contributed by atoms with Crippen LogP contribution in [0.1, 0.15) is 0 Å². The fourth-order valence-corrected chi connectivity index (χ4v) is 1.59. The number of benzene rings is 1. The summed E-state index contributed by atoms with van der Waals surface area (Å²) in [7, 11) is 0. The van der Waals surface area contributed by atoms with Crippen LogP contribution in [0.3, 0.4) is 0 Å². The minimum atomic E-state index is 0.322. The molecule has 0 atom stereocenters. The molecule has 4 nitrogen and oxygen atoms in total. The summed E-state index contributed by atoms with van der Waals surface area (Å²) in [5.41, 5.74) is 5.85. The van der Waals surface area contributed by atoms with E-state index in [0.717, 1.165) is 0 Å². The molecule has 0 saturated heterocycles. The molecule has 0 bridgehead atoms. The normalized spacial score (nSPS) is 10.9. The number of aromatic nitrogens is 1. The van der Waals surface area contributed by atoms with Gasteiger partial charge in [-0.2, -0.15) is 0 Å². The molecule has 15 heavy (non-hydrogen) atoms. The van der Waals surface area contributed by atoms with Crippen molar-refractivity contribution < 1.29 is 9.26 Å². The Kier molecular flexibility index (Phi) is 3.00. The molecule has 0 aliphatic heterocycles. The second-order valence-corrected chi connectivity index (χ2v) is 3.64. The van der Waals surface area contributed by atoms with E-state index in [-0.39, 0.29) is 0 Å². The van der Waals surface area contributed by atoms with Gasteiger partial charge in [0.1, 0.15) is 12.0 Å². The van der Waals surface area contributed by atoms with Crippen molar-refractivity contribution >= 4 is 34.2 Å². The summed E-state index contributed by atoms with van der Waals surface area (Å²) in [5.74, 6) is 0.322. The highest BCUT2D eigenvalue weighted by molar-refractivity contribution is 6.45. The lowest BCUT2D eigenvalue weighted by molar-refractivity contribution is 0.293. The predicted molar refractivity (Wildman–Crippen MR) is 58.6 cm³/mol. The summed E-state index contributed by atoms with van der Waals surface area (Å²) >= 11 is 11.9. The average Bonchev–Trinajstić information content (AvgIpc) is 2.64. The Morgan fingerprint density at radius 2 is 2.20 bits per heavy atom. The second-order valence-electron chi connectivity index (χ2n) is 2.86. The van der Waals surface area contributed by atoms with Crippen LogP contribution in [-0.2, 0) is 0 Å². The molecule has 2 N–H and O–H groups in total. The van der Waals surface area contributed by atoms with E-state index >= 15 is 0 Å². The Balaban J connectivity index is 2.51. The number of ether oxygens (including phenoxy) is 1. The van der Waals surface area contributed by atoms with Gasteiger partial charge in [0, 0.05) is 6.54 Å². The van der Waals surface area contributed by atoms with E-state index in [1.54, 1.807) is 12.1 Å². The summed E-state index contributed by atoms with van der Waals surface area (Å²) in [6, 6.07) is 3.33. The molecule has 1 aromatic carbocycles. The quantitative estimate of drug-likeness (QED) is 0.904. The predicted octanol–water partition coefficient (Wildman–Crippen LogP) is 2.47. The van der Waals surface area contributed by atoms with Crippen LogP contribution in [0.4, 0.5) is 0 Å². The first-order valence-electron chi connectivity index (χ1n) is 4.30. The van der Waals surface area contributed by atoms with Gasteiger partial charge in [-0.15, -0.1) is 0 Å². The molecule has 1 aromatic heterocycles. The summed E-state index contributed by atoms with van der Waals surface area (Å²) < 4.78 is 10.3. The molecule has 0 unspecified atom stereocenters. The smallest absolute Gasteiger partial charge is 0.263 e. The Hall–Kier alpha value is -0.970. The minimum absolute atomic E-state index is 0.322. The molecule has 0 amide bonds. The maximum absolute atomic E-state index is 6.01. The third kappa shape index (κ3) is 1.88. The molecule has 0 saturated carbocycles. The zero-order chi connectivity index (χ0) is 10.8. The van der Waals surface area contributed by atoms with Gasteiger partial charge in [-0.05, 0) is 17.3 Å². The lowest BCUT2D eigenvalue weighted by Crippen LogP contribution is -2.10. The van der Waals surface area contributed by atoms with Crippen molar-refractivity contribution in [2.45, 2.75) is 0 Å². The first-order chi connectivity index (χ1) is 7.24. The number of hydrogen-bond acceptors (Lipinski definition) is 4. The Morgan fingerprint density at radius 3 is 2.93 bits per heavy atom. The highest BCUT2D eigenvalue weighted by atomic mass is 35.5. The number of nitrogens with two attached hydrogens (primary N) is 1. The minimum Gasteiger partial charge on any atom is -0.474 e. The van der Waals surface area contributed by atoms with Crippen LogP contribution < -0.4 is 10.5 Å². The third-order valence-corrected chi connectivity index (χ3v) is 2.66. The zero-order valence-corrected chi connectivity index (χ0v) is 9.18. The van der Waals surface area contributed by atoms with Gasteiger partial charge in [0.15, 0.2) is 5.58 Å². The molecule has 0 spiro atoms. The van der Waals surface area contributed by atoms with E-state index in [9.17, 15) is 0 Å². The fourth-order valence-electron chi connectivity index (χ4n) is 1.20. The van der Waals surface area contributed by atoms with Crippen molar-refractivity contribution in [2.75, 3.05) is 13.2 Å². The van der Waals surface area contributed by atoms with Crippen molar-refractivity contribution in [1.82, 2.24) is 5.16 Å². The van der Waals surface area contributed by atoms with Crippen molar-refractivity contribution in [3.05, 3.63) is 22.2 Å². The Morgan fingerprint density at radius 1 is 1.40 bits per heavy atom. The first kappa shape index (κ1) is 10.5. The molecule has 6 heteroatoms. The van der Waals surface area contributed by atoms with E-state index in [0.29, 0.717) is 40.0 Å². The second kappa shape index (κ2) is 4.26. The number of rotatable bonds is 3. The third-order valence-electron chi connectivity index (χ3n) is 1.85. The Labute approximate surface area is 95.9 Å². The topological polar surface area (TPSA) is 61.3 Å². The maximum Gasteiger partial charge on any atom is 0.263 e. The van der Waals surface area contributed by atoms with Crippen molar-refractivity contribution in [2.24, 2.45) is 5.73 Å². The van der Waals surface area contributed by atoms with E-state index in [4.69, 9.17) is 38.2 Å². The van der Waals surface area contributed by atoms with Crippen molar-refractivity contribution in [3.63, 3.8) is 0 Å². The monoisotopic (exact) mass is 246 g/mol. The molecule has 1 heterocycles. The highest BCUT2D eigenvalue weighted by Crippen LogP contribution is 2.36. The largest absolute Gasteiger partial charge is 0.474 e. The molecular formula is C9H8Cl2N2O2. The van der Waals surface area contributed by atoms with Crippen LogP contribution in [0.5, 0.6) is 5.88 Å². The van der Waals surface area contributed by atoms with E-state index < -0.39 is 0 Å². The first-order valence-corrected chi connectivity index (χ1v) is 5.06. The average molecular weight is 247 g/mol. The van der Waals surface area contributed by atoms with Crippen molar-refractivity contribution in [1.29, 1.82) is 0 Å². The lowest BCUT2D eigenvalue weighted by Gasteiger charge is -2.00. The van der Waals surface area contributed by atoms with Crippen LogP contribution in [0.2, 0.25) is 10.0 Å². The number of hydrogen-bond donors (Lipinski definition) is 1. The van der Waals surface area contributed by atoms with Gasteiger partial charge in [-0.25, -0.2) is 0 Å². The van der Waals surface area contributed by atoms with Crippen LogP contribution in [0, 0.1) is 0 Å². The van der Waals surface area contributed by atoms with Gasteiger partial charge in [0.2, 0.25) is 0 Å². The fraction of sp³-hybridized carbons (Fsp3) is 0.222. The SMILES string of the molecule is NCCOc1noc2ccc(Cl)c(Cl)c12. The van der Waals surface area contributed by atoms with Gasteiger partial charge >= 0.3 is 0 Å². The molecule has 80 valence electrons. The maximum atomic E-state index is 6.01. The van der Waals surface area contributed by atoms with Crippen LogP contribution >= 0.6 is 23.2 Å². The van der Waals surface area contributed by atoms with Gasteiger partial charge in [-0.3, -0.25) is 0 Å². The van der Waals surface area contributed by atoms with E-state index in [2.05, 4.69) is 5.16 Å². The van der Waals surface area contributed by atoms with Gasteiger partial charge in [0.05, 0.1) is 10.0 Å². The summed E-state index contributed by atoms with van der Waals surface area (Å²) in [5, 5.41) is 5.13. The molecule has 0 aliphatic carbocycles. The van der Waals surface area contributed by atoms with Gasteiger partial charge < -0.3 is 15.0 Å². The highest BCUT2D eigenvalue weighted by Gasteiger charge is 2.15. The summed E-state index contributed by atoms with van der Waals surface area (Å²) in [4.78, 5) is 0.